The molecule has 0 radical (unpaired) electrons. The average Bonchev–Trinajstić information content (AvgIpc) is 2.48. The van der Waals surface area contributed by atoms with E-state index in [1.54, 1.807) is 25.3 Å². The van der Waals surface area contributed by atoms with Crippen LogP contribution < -0.4 is 15.8 Å². The number of nitrogen functional groups attached to an aromatic ring is 1. The Morgan fingerprint density at radius 1 is 1.29 bits per heavy atom. The summed E-state index contributed by atoms with van der Waals surface area (Å²) in [6.07, 6.45) is 0.857. The minimum absolute atomic E-state index is 0.209. The molecule has 0 fully saturated rings. The summed E-state index contributed by atoms with van der Waals surface area (Å²) >= 11 is 0. The van der Waals surface area contributed by atoms with Gasteiger partial charge < -0.3 is 15.8 Å². The summed E-state index contributed by atoms with van der Waals surface area (Å²) in [4.78, 5) is 12.4. The lowest BCUT2D eigenvalue weighted by Crippen LogP contribution is -2.16. The van der Waals surface area contributed by atoms with Crippen LogP contribution in [0.15, 0.2) is 36.4 Å². The molecule has 1 amide bonds. The van der Waals surface area contributed by atoms with Gasteiger partial charge in [-0.3, -0.25) is 4.79 Å². The van der Waals surface area contributed by atoms with Crippen LogP contribution in [0.1, 0.15) is 28.4 Å². The van der Waals surface area contributed by atoms with Gasteiger partial charge in [0.25, 0.3) is 5.91 Å². The van der Waals surface area contributed by atoms with Crippen molar-refractivity contribution in [1.29, 1.82) is 0 Å². The van der Waals surface area contributed by atoms with Crippen molar-refractivity contribution in [1.82, 2.24) is 0 Å². The third-order valence-corrected chi connectivity index (χ3v) is 3.48. The van der Waals surface area contributed by atoms with E-state index in [1.165, 1.54) is 0 Å². The Labute approximate surface area is 124 Å². The summed E-state index contributed by atoms with van der Waals surface area (Å²) in [5.41, 5.74) is 9.77. The zero-order valence-corrected chi connectivity index (χ0v) is 12.6. The van der Waals surface area contributed by atoms with E-state index >= 15 is 0 Å². The number of carbonyl (C=O) groups is 1. The first-order chi connectivity index (χ1) is 10.1. The molecule has 2 aromatic carbocycles. The quantitative estimate of drug-likeness (QED) is 0.846. The Morgan fingerprint density at radius 2 is 2.05 bits per heavy atom. The molecule has 0 aliphatic carbocycles. The van der Waals surface area contributed by atoms with Crippen molar-refractivity contribution >= 4 is 17.3 Å². The second-order valence-electron chi connectivity index (χ2n) is 4.87. The van der Waals surface area contributed by atoms with E-state index in [-0.39, 0.29) is 5.91 Å². The summed E-state index contributed by atoms with van der Waals surface area (Å²) < 4.78 is 5.09. The van der Waals surface area contributed by atoms with Gasteiger partial charge in [-0.1, -0.05) is 25.1 Å². The minimum atomic E-state index is -0.209. The van der Waals surface area contributed by atoms with Crippen LogP contribution in [-0.2, 0) is 6.42 Å². The van der Waals surface area contributed by atoms with Gasteiger partial charge in [0.2, 0.25) is 0 Å². The smallest absolute Gasteiger partial charge is 0.257 e. The number of amides is 1. The van der Waals surface area contributed by atoms with E-state index in [2.05, 4.69) is 12.2 Å². The highest BCUT2D eigenvalue weighted by atomic mass is 16.5. The van der Waals surface area contributed by atoms with Crippen molar-refractivity contribution in [3.8, 4) is 5.75 Å². The Balaban J connectivity index is 2.30. The summed E-state index contributed by atoms with van der Waals surface area (Å²) in [7, 11) is 1.56. The molecule has 0 atom stereocenters. The number of benzene rings is 2. The lowest BCUT2D eigenvalue weighted by atomic mass is 10.0. The third-order valence-electron chi connectivity index (χ3n) is 3.48. The lowest BCUT2D eigenvalue weighted by molar-refractivity contribution is 0.102. The molecule has 0 bridgehead atoms. The first-order valence-electron chi connectivity index (χ1n) is 6.90. The monoisotopic (exact) mass is 284 g/mol. The first-order valence-corrected chi connectivity index (χ1v) is 6.90. The van der Waals surface area contributed by atoms with Gasteiger partial charge in [0, 0.05) is 17.4 Å². The first kappa shape index (κ1) is 14.9. The van der Waals surface area contributed by atoms with Gasteiger partial charge in [-0.05, 0) is 36.6 Å². The van der Waals surface area contributed by atoms with E-state index in [0.29, 0.717) is 17.0 Å². The number of nitrogens with two attached hydrogens (primary N) is 1. The molecule has 0 saturated carbocycles. The van der Waals surface area contributed by atoms with Gasteiger partial charge in [-0.2, -0.15) is 0 Å². The van der Waals surface area contributed by atoms with Crippen LogP contribution in [0.2, 0.25) is 0 Å². The van der Waals surface area contributed by atoms with Crippen LogP contribution in [-0.4, -0.2) is 13.0 Å². The molecule has 0 unspecified atom stereocenters. The number of nitrogens with one attached hydrogen (secondary N) is 1. The number of hydrogen-bond donors (Lipinski definition) is 2. The van der Waals surface area contributed by atoms with Crippen LogP contribution in [0.25, 0.3) is 0 Å². The molecular weight excluding hydrogens is 264 g/mol. The van der Waals surface area contributed by atoms with E-state index in [9.17, 15) is 4.79 Å². The van der Waals surface area contributed by atoms with Crippen LogP contribution in [0.4, 0.5) is 11.4 Å². The molecule has 0 saturated heterocycles. The average molecular weight is 284 g/mol. The Morgan fingerprint density at radius 3 is 2.67 bits per heavy atom. The lowest BCUT2D eigenvalue weighted by Gasteiger charge is -2.14. The number of carbonyl (C=O) groups excluding carboxylic acids is 1. The van der Waals surface area contributed by atoms with Crippen LogP contribution in [0.5, 0.6) is 5.75 Å². The molecule has 0 spiro atoms. The number of methoxy groups -OCH3 is 1. The number of rotatable bonds is 4. The van der Waals surface area contributed by atoms with Crippen molar-refractivity contribution < 1.29 is 9.53 Å². The maximum absolute atomic E-state index is 12.4. The summed E-state index contributed by atoms with van der Waals surface area (Å²) in [5.74, 6) is 0.424. The highest BCUT2D eigenvalue weighted by molar-refractivity contribution is 6.08. The molecule has 0 aromatic heterocycles. The number of hydrogen-bond acceptors (Lipinski definition) is 3. The fraction of sp³-hybridized carbons (Fsp3) is 0.235. The summed E-state index contributed by atoms with van der Waals surface area (Å²) in [5, 5.41) is 2.96. The molecule has 0 aliphatic rings. The van der Waals surface area contributed by atoms with E-state index in [1.807, 2.05) is 25.1 Å². The zero-order chi connectivity index (χ0) is 15.4. The SMILES string of the molecule is CCc1cccc(C)c1NC(=O)c1ccc(OC)cc1N. The topological polar surface area (TPSA) is 64.3 Å². The van der Waals surface area contributed by atoms with Crippen LogP contribution in [0, 0.1) is 6.92 Å². The van der Waals surface area contributed by atoms with Crippen molar-refractivity contribution in [2.24, 2.45) is 0 Å². The second kappa shape index (κ2) is 6.31. The van der Waals surface area contributed by atoms with Crippen molar-refractivity contribution in [3.63, 3.8) is 0 Å². The largest absolute Gasteiger partial charge is 0.497 e. The standard InChI is InChI=1S/C17H20N2O2/c1-4-12-7-5-6-11(2)16(12)19-17(20)14-9-8-13(21-3)10-15(14)18/h5-10H,4,18H2,1-3H3,(H,19,20). The maximum atomic E-state index is 12.4. The third kappa shape index (κ3) is 3.16. The fourth-order valence-corrected chi connectivity index (χ4v) is 2.26. The molecule has 0 aliphatic heterocycles. The number of aryl methyl sites for hydroxylation is 2. The van der Waals surface area contributed by atoms with Gasteiger partial charge in [0.1, 0.15) is 5.75 Å². The normalized spacial score (nSPS) is 10.2. The van der Waals surface area contributed by atoms with Crippen molar-refractivity contribution in [2.45, 2.75) is 20.3 Å². The highest BCUT2D eigenvalue weighted by Crippen LogP contribution is 2.24. The molecule has 3 N–H and O–H groups in total. The molecule has 4 heteroatoms. The van der Waals surface area contributed by atoms with Crippen molar-refractivity contribution in [3.05, 3.63) is 53.1 Å². The van der Waals surface area contributed by atoms with Crippen LogP contribution in [0.3, 0.4) is 0 Å². The van der Waals surface area contributed by atoms with E-state index in [0.717, 1.165) is 23.2 Å². The van der Waals surface area contributed by atoms with Gasteiger partial charge in [-0.25, -0.2) is 0 Å². The molecule has 110 valence electrons. The van der Waals surface area contributed by atoms with Gasteiger partial charge in [0.05, 0.1) is 12.7 Å². The van der Waals surface area contributed by atoms with Gasteiger partial charge >= 0.3 is 0 Å². The minimum Gasteiger partial charge on any atom is -0.497 e. The molecule has 2 aromatic rings. The molecule has 2 rings (SSSR count). The Bertz CT molecular complexity index is 666. The van der Waals surface area contributed by atoms with Gasteiger partial charge in [-0.15, -0.1) is 0 Å². The second-order valence-corrected chi connectivity index (χ2v) is 4.87. The summed E-state index contributed by atoms with van der Waals surface area (Å²) in [6, 6.07) is 11.0. The number of ether oxygens (including phenoxy) is 1. The van der Waals surface area contributed by atoms with Crippen LogP contribution >= 0.6 is 0 Å². The molecule has 21 heavy (non-hydrogen) atoms. The predicted molar refractivity (Wildman–Crippen MR) is 85.9 cm³/mol. The predicted octanol–water partition coefficient (Wildman–Crippen LogP) is 3.40. The van der Waals surface area contributed by atoms with Gasteiger partial charge in [0.15, 0.2) is 0 Å². The Hall–Kier alpha value is -2.49. The summed E-state index contributed by atoms with van der Waals surface area (Å²) in [6.45, 7) is 4.04. The molecule has 4 nitrogen and oxygen atoms in total. The molecular formula is C17H20N2O2. The highest BCUT2D eigenvalue weighted by Gasteiger charge is 2.13. The van der Waals surface area contributed by atoms with Crippen molar-refractivity contribution in [2.75, 3.05) is 18.2 Å². The fourth-order valence-electron chi connectivity index (χ4n) is 2.26. The number of para-hydroxylation sites is 1. The maximum Gasteiger partial charge on any atom is 0.257 e. The van der Waals surface area contributed by atoms with E-state index < -0.39 is 0 Å². The zero-order valence-electron chi connectivity index (χ0n) is 12.6. The molecule has 0 heterocycles. The van der Waals surface area contributed by atoms with E-state index in [4.69, 9.17) is 10.5 Å². The Kier molecular flexibility index (Phi) is 4.48. The number of anilines is 2.